The highest BCUT2D eigenvalue weighted by molar-refractivity contribution is 5.75. The quantitative estimate of drug-likeness (QED) is 0.0787. The van der Waals surface area contributed by atoms with Gasteiger partial charge in [-0.25, -0.2) is 5.26 Å². The van der Waals surface area contributed by atoms with Crippen molar-refractivity contribution in [3.05, 3.63) is 111 Å². The number of unbranched alkanes of at least 4 members (excludes halogenated alkanes) is 1. The average Bonchev–Trinajstić information content (AvgIpc) is 3.19. The van der Waals surface area contributed by atoms with Gasteiger partial charge in [-0.15, -0.1) is 19.7 Å². The Hall–Kier alpha value is -6.36. The minimum absolute atomic E-state index is 0. The molecule has 0 spiro atoms. The number of nitrogens with zero attached hydrogens (tertiary/aromatic N) is 8. The van der Waals surface area contributed by atoms with Gasteiger partial charge in [-0.2, -0.15) is 36.8 Å². The van der Waals surface area contributed by atoms with E-state index in [4.69, 9.17) is 43.4 Å². The molecule has 8 nitrogen and oxygen atoms in total. The first-order valence-corrected chi connectivity index (χ1v) is 14.6. The van der Waals surface area contributed by atoms with Gasteiger partial charge in [0.25, 0.3) is 0 Å². The van der Waals surface area contributed by atoms with Crippen LogP contribution < -0.4 is 0 Å². The summed E-state index contributed by atoms with van der Waals surface area (Å²) in [5.41, 5.74) is 0.773. The van der Waals surface area contributed by atoms with E-state index >= 15 is 0 Å². The number of hydrogen-bond acceptors (Lipinski definition) is 8. The normalized spacial score (nSPS) is 8.43. The van der Waals surface area contributed by atoms with Gasteiger partial charge in [0.05, 0.1) is 67.2 Å². The van der Waals surface area contributed by atoms with Crippen LogP contribution in [-0.2, 0) is 0 Å². The average molecular weight is 694 g/mol. The van der Waals surface area contributed by atoms with Crippen molar-refractivity contribution in [3.63, 3.8) is 0 Å². The van der Waals surface area contributed by atoms with E-state index in [1.165, 1.54) is 6.08 Å². The summed E-state index contributed by atoms with van der Waals surface area (Å²) >= 11 is 0. The van der Waals surface area contributed by atoms with Gasteiger partial charge >= 0.3 is 0 Å². The molecular weight excluding hydrogens is 627 g/mol. The van der Waals surface area contributed by atoms with Crippen LogP contribution >= 0.6 is 0 Å². The van der Waals surface area contributed by atoms with Gasteiger partial charge < -0.3 is 0 Å². The number of nitriles is 8. The van der Waals surface area contributed by atoms with Gasteiger partial charge in [0, 0.05) is 33.0 Å². The first-order chi connectivity index (χ1) is 24.0. The Morgan fingerprint density at radius 1 is 0.725 bits per heavy atom. The van der Waals surface area contributed by atoms with Crippen molar-refractivity contribution in [1.82, 2.24) is 0 Å². The van der Waals surface area contributed by atoms with Crippen molar-refractivity contribution in [2.24, 2.45) is 11.8 Å². The van der Waals surface area contributed by atoms with E-state index in [0.29, 0.717) is 19.3 Å². The highest BCUT2D eigenvalue weighted by Crippen LogP contribution is 1.88. The molecule has 0 aromatic carbocycles. The van der Waals surface area contributed by atoms with E-state index < -0.39 is 0 Å². The minimum atomic E-state index is 0. The maximum atomic E-state index is 8.02. The lowest BCUT2D eigenvalue weighted by Crippen LogP contribution is -1.76. The molecule has 0 heterocycles. The first kappa shape index (κ1) is 75.1. The zero-order valence-corrected chi connectivity index (χ0v) is 30.9. The predicted molar refractivity (Wildman–Crippen MR) is 223 cm³/mol. The molecule has 51 heavy (non-hydrogen) atoms. The largest absolute Gasteiger partial charge is 0.202 e. The monoisotopic (exact) mass is 694 g/mol. The van der Waals surface area contributed by atoms with Gasteiger partial charge in [0.15, 0.2) is 0 Å². The molecule has 0 aromatic rings. The Bertz CT molecular complexity index is 1120. The lowest BCUT2D eigenvalue weighted by atomic mass is 10.2. The fraction of sp³-hybridized carbons (Fsp3) is 0.381. The third kappa shape index (κ3) is 218. The van der Waals surface area contributed by atoms with Crippen LogP contribution in [0.2, 0.25) is 0 Å². The Balaban J connectivity index is -0.0000000345. The van der Waals surface area contributed by atoms with Crippen LogP contribution in [0, 0.1) is 103 Å². The Kier molecular flexibility index (Phi) is 165. The van der Waals surface area contributed by atoms with E-state index in [1.807, 2.05) is 101 Å². The van der Waals surface area contributed by atoms with Crippen LogP contribution in [0.3, 0.4) is 0 Å². The van der Waals surface area contributed by atoms with Gasteiger partial charge in [0.2, 0.25) is 0 Å². The third-order valence-corrected chi connectivity index (χ3v) is 3.67. The lowest BCUT2D eigenvalue weighted by molar-refractivity contribution is 0.960. The topological polar surface area (TPSA) is 190 Å². The molecule has 0 amide bonds. The molecule has 0 bridgehead atoms. The maximum absolute atomic E-state index is 8.02. The fourth-order valence-electron chi connectivity index (χ4n) is 0.848. The number of hydrogen-bond donors (Lipinski definition) is 0. The molecule has 0 saturated heterocycles. The first-order valence-electron chi connectivity index (χ1n) is 15.1. The second-order valence-corrected chi connectivity index (χ2v) is 7.65. The van der Waals surface area contributed by atoms with E-state index in [-0.39, 0.29) is 26.7 Å². The molecule has 0 aromatic heterocycles. The minimum Gasteiger partial charge on any atom is -0.202 e. The summed E-state index contributed by atoms with van der Waals surface area (Å²) in [6, 6.07) is 13.8. The van der Waals surface area contributed by atoms with E-state index in [1.54, 1.807) is 57.2 Å². The van der Waals surface area contributed by atoms with Crippen LogP contribution in [0.1, 0.15) is 95.4 Å². The SMILES string of the molecule is C.C.C#N.C/C=C(/C)C#N.C/C=C\CC#N.C/C=C\CC#N.C=CC(C)C#N.C=CC(C)C#N.C=CC=C.C=CCCC#N.CC/C=C/C#N.[2H][B]. The molecule has 0 aliphatic rings. The molecule has 276 valence electrons. The molecule has 0 saturated carbocycles. The van der Waals surface area contributed by atoms with Crippen LogP contribution in [0.4, 0.5) is 0 Å². The summed E-state index contributed by atoms with van der Waals surface area (Å²) in [6.45, 7) is 33.5. The molecule has 2 radical (unpaired) electrons. The summed E-state index contributed by atoms with van der Waals surface area (Å²) in [5.74, 6) is 0.00926. The second-order valence-electron chi connectivity index (χ2n) is 7.65. The lowest BCUT2D eigenvalue weighted by Gasteiger charge is -1.80. The van der Waals surface area contributed by atoms with E-state index in [9.17, 15) is 0 Å². The molecule has 2 atom stereocenters. The summed E-state index contributed by atoms with van der Waals surface area (Å²) in [5, 5.41) is 62.1. The highest BCUT2D eigenvalue weighted by atomic mass is 14.2. The Labute approximate surface area is 318 Å². The molecular formula is C42H65BN8. The molecule has 0 rings (SSSR count). The summed E-state index contributed by atoms with van der Waals surface area (Å²) in [7, 11) is 3.75. The van der Waals surface area contributed by atoms with Crippen LogP contribution in [0.25, 0.3) is 0 Å². The predicted octanol–water partition coefficient (Wildman–Crippen LogP) is 12.2. The summed E-state index contributed by atoms with van der Waals surface area (Å²) in [4.78, 5) is 0. The van der Waals surface area contributed by atoms with Crippen molar-refractivity contribution in [2.75, 3.05) is 0 Å². The van der Waals surface area contributed by atoms with Crippen LogP contribution in [0.15, 0.2) is 111 Å². The van der Waals surface area contributed by atoms with Crippen molar-refractivity contribution in [2.45, 2.75) is 95.4 Å². The summed E-state index contributed by atoms with van der Waals surface area (Å²) in [6.07, 6.45) is 24.1. The van der Waals surface area contributed by atoms with E-state index in [2.05, 4.69) is 47.8 Å². The smallest absolute Gasteiger partial charge is 0.0940 e. The molecule has 0 aliphatic heterocycles. The van der Waals surface area contributed by atoms with Gasteiger partial charge in [0.1, 0.15) is 0 Å². The van der Waals surface area contributed by atoms with Gasteiger partial charge in [-0.3, -0.25) is 0 Å². The van der Waals surface area contributed by atoms with Crippen molar-refractivity contribution >= 4 is 8.38 Å². The van der Waals surface area contributed by atoms with Crippen LogP contribution in [-0.4, -0.2) is 9.71 Å². The zero-order valence-electron chi connectivity index (χ0n) is 31.9. The molecule has 0 N–H and O–H groups in total. The molecule has 2 unspecified atom stereocenters. The fourth-order valence-corrected chi connectivity index (χ4v) is 0.848. The molecule has 0 fully saturated rings. The summed E-state index contributed by atoms with van der Waals surface area (Å²) < 4.78 is 5.25. The second kappa shape index (κ2) is 112. The van der Waals surface area contributed by atoms with E-state index in [0.717, 1.165) is 18.4 Å². The van der Waals surface area contributed by atoms with Gasteiger partial charge in [-0.1, -0.05) is 102 Å². The van der Waals surface area contributed by atoms with Crippen molar-refractivity contribution < 1.29 is 0 Å². The number of rotatable bonds is 8. The molecule has 0 aliphatic carbocycles. The van der Waals surface area contributed by atoms with Crippen LogP contribution in [0.5, 0.6) is 0 Å². The highest BCUT2D eigenvalue weighted by Gasteiger charge is 1.84. The Morgan fingerprint density at radius 3 is 1.16 bits per heavy atom. The van der Waals surface area contributed by atoms with Gasteiger partial charge in [-0.05, 0) is 55.7 Å². The van der Waals surface area contributed by atoms with Crippen molar-refractivity contribution in [1.29, 1.82) is 43.4 Å². The number of allylic oxidation sites excluding steroid dienone is 13. The zero-order chi connectivity index (χ0) is 41.7. The van der Waals surface area contributed by atoms with Crippen molar-refractivity contribution in [3.8, 4) is 49.1 Å². The third-order valence-electron chi connectivity index (χ3n) is 3.67. The maximum Gasteiger partial charge on any atom is 0.0940 e. The Morgan fingerprint density at radius 2 is 1.10 bits per heavy atom. The molecule has 9 heteroatoms. The standard InChI is InChI=1S/7C5H7N.C4H6.CHN.2CH4.BH/c3*1-3-5(2)4-6;4*1-2-3-4-5-6;1-3-4-2;1-2;;;/h3H,1-2H3;2*3,5H,1H2,2H3;3-4H,2H2,1H3;2*2-3H,4H2,1H3;2H,1,3-4H2;3-4H,1-2H2;1H;2*1H4;1H/b5-3-;;;4-3+;2*3-2-;;;;;;/i;;;;;;;;;;;1D.